The van der Waals surface area contributed by atoms with Gasteiger partial charge in [0.05, 0.1) is 35.3 Å². The lowest BCUT2D eigenvalue weighted by Crippen LogP contribution is -2.41. The first kappa shape index (κ1) is 24.0. The quantitative estimate of drug-likeness (QED) is 0.483. The lowest BCUT2D eigenvalue weighted by atomic mass is 9.86. The number of anilines is 3. The monoisotopic (exact) mass is 515 g/mol. The van der Waals surface area contributed by atoms with Crippen LogP contribution in [0, 0.1) is 5.41 Å². The van der Waals surface area contributed by atoms with Gasteiger partial charge in [0.1, 0.15) is 11.8 Å². The largest absolute Gasteiger partial charge is 0.370 e. The molecule has 1 aliphatic carbocycles. The van der Waals surface area contributed by atoms with Crippen molar-refractivity contribution >= 4 is 46.4 Å². The highest BCUT2D eigenvalue weighted by Gasteiger charge is 2.34. The van der Waals surface area contributed by atoms with E-state index in [9.17, 15) is 4.79 Å². The van der Waals surface area contributed by atoms with Crippen molar-refractivity contribution in [3.8, 4) is 11.3 Å². The zero-order chi connectivity index (χ0) is 24.4. The zero-order valence-corrected chi connectivity index (χ0v) is 20.7. The van der Waals surface area contributed by atoms with Crippen LogP contribution in [-0.4, -0.2) is 52.0 Å². The Labute approximate surface area is 213 Å². The Hall–Kier alpha value is -2.72. The molecule has 5 rings (SSSR count). The topological polar surface area (TPSA) is 111 Å². The van der Waals surface area contributed by atoms with Crippen molar-refractivity contribution in [2.45, 2.75) is 32.2 Å². The van der Waals surface area contributed by atoms with E-state index in [-0.39, 0.29) is 17.9 Å². The number of carbonyl (C=O) groups is 1. The molecule has 1 saturated carbocycles. The van der Waals surface area contributed by atoms with E-state index in [0.717, 1.165) is 24.2 Å². The van der Waals surface area contributed by atoms with E-state index < -0.39 is 0 Å². The first-order chi connectivity index (χ1) is 17.0. The number of amides is 1. The molecule has 9 nitrogen and oxygen atoms in total. The number of rotatable bonds is 7. The Balaban J connectivity index is 1.34. The maximum atomic E-state index is 12.1. The molecule has 1 aromatic carbocycles. The van der Waals surface area contributed by atoms with Crippen LogP contribution in [0.1, 0.15) is 25.7 Å². The van der Waals surface area contributed by atoms with Crippen LogP contribution in [0.5, 0.6) is 0 Å². The fraction of sp³-hybridized carbons (Fsp3) is 0.417. The summed E-state index contributed by atoms with van der Waals surface area (Å²) in [6.07, 6.45) is 7.75. The Morgan fingerprint density at radius 1 is 1.14 bits per heavy atom. The summed E-state index contributed by atoms with van der Waals surface area (Å²) < 4.78 is 6.99. The van der Waals surface area contributed by atoms with Crippen LogP contribution in [0.3, 0.4) is 0 Å². The van der Waals surface area contributed by atoms with E-state index in [1.807, 2.05) is 24.3 Å². The summed E-state index contributed by atoms with van der Waals surface area (Å²) in [5, 5.41) is 8.56. The summed E-state index contributed by atoms with van der Waals surface area (Å²) in [6.45, 7) is 2.46. The molecule has 35 heavy (non-hydrogen) atoms. The summed E-state index contributed by atoms with van der Waals surface area (Å²) in [5.41, 5.74) is 8.88. The van der Waals surface area contributed by atoms with E-state index in [4.69, 9.17) is 33.7 Å². The third-order valence-electron chi connectivity index (χ3n) is 6.78. The fourth-order valence-electron chi connectivity index (χ4n) is 4.77. The molecule has 0 radical (unpaired) electrons. The van der Waals surface area contributed by atoms with Gasteiger partial charge in [-0.2, -0.15) is 5.10 Å². The summed E-state index contributed by atoms with van der Waals surface area (Å²) in [4.78, 5) is 22.7. The lowest BCUT2D eigenvalue weighted by molar-refractivity contribution is -0.125. The van der Waals surface area contributed by atoms with Gasteiger partial charge in [0, 0.05) is 29.9 Å². The third kappa shape index (κ3) is 4.99. The Morgan fingerprint density at radius 2 is 1.91 bits per heavy atom. The Bertz CT molecular complexity index is 1210. The van der Waals surface area contributed by atoms with Crippen LogP contribution in [0.15, 0.2) is 36.7 Å². The van der Waals surface area contributed by atoms with Crippen LogP contribution in [0.25, 0.3) is 11.3 Å². The number of aromatic nitrogens is 4. The van der Waals surface area contributed by atoms with E-state index in [1.165, 1.54) is 12.8 Å². The summed E-state index contributed by atoms with van der Waals surface area (Å²) >= 11 is 13.2. The minimum absolute atomic E-state index is 0.0348. The molecule has 184 valence electrons. The van der Waals surface area contributed by atoms with Gasteiger partial charge in [0.25, 0.3) is 5.91 Å². The number of halogens is 2. The van der Waals surface area contributed by atoms with Crippen molar-refractivity contribution in [3.63, 3.8) is 0 Å². The SMILES string of the molecule is NCC1(Cn2ncc(-c3nc(Nc4ccc(N5CCOCC5=O)cc4)ncc3Cl)c2Cl)CCCC1. The number of nitrogens with two attached hydrogens (primary N) is 1. The standard InChI is InChI=1S/C24H27Cl2N7O2/c25-19-12-28-23(30-16-3-5-17(6-4-16)32-9-10-35-13-20(32)34)31-21(19)18-11-29-33(22(18)26)15-24(14-27)7-1-2-8-24/h3-6,11-12H,1-2,7-10,13-15,27H2,(H,28,30,31). The van der Waals surface area contributed by atoms with Crippen LogP contribution < -0.4 is 16.0 Å². The molecule has 1 aliphatic heterocycles. The third-order valence-corrected chi connectivity index (χ3v) is 7.45. The van der Waals surface area contributed by atoms with Crippen molar-refractivity contribution in [1.29, 1.82) is 0 Å². The van der Waals surface area contributed by atoms with E-state index in [2.05, 4.69) is 20.4 Å². The molecular formula is C24H27Cl2N7O2. The highest BCUT2D eigenvalue weighted by atomic mass is 35.5. The minimum Gasteiger partial charge on any atom is -0.370 e. The molecule has 0 bridgehead atoms. The molecule has 11 heteroatoms. The smallest absolute Gasteiger partial charge is 0.253 e. The molecule has 2 fully saturated rings. The molecule has 2 aliphatic rings. The summed E-state index contributed by atoms with van der Waals surface area (Å²) in [7, 11) is 0. The first-order valence-corrected chi connectivity index (χ1v) is 12.4. The number of morpholine rings is 1. The average molecular weight is 516 g/mol. The van der Waals surface area contributed by atoms with Gasteiger partial charge in [0.2, 0.25) is 5.95 Å². The van der Waals surface area contributed by atoms with Gasteiger partial charge >= 0.3 is 0 Å². The average Bonchev–Trinajstić information content (AvgIpc) is 3.49. The molecular weight excluding hydrogens is 489 g/mol. The number of hydrogen-bond donors (Lipinski definition) is 2. The number of ether oxygens (including phenoxy) is 1. The molecule has 1 amide bonds. The van der Waals surface area contributed by atoms with Crippen LogP contribution in [0.2, 0.25) is 10.2 Å². The zero-order valence-electron chi connectivity index (χ0n) is 19.2. The van der Waals surface area contributed by atoms with Gasteiger partial charge in [-0.25, -0.2) is 9.97 Å². The predicted molar refractivity (Wildman–Crippen MR) is 136 cm³/mol. The minimum atomic E-state index is -0.0506. The Morgan fingerprint density at radius 3 is 2.63 bits per heavy atom. The molecule has 3 aromatic rings. The van der Waals surface area contributed by atoms with Crippen LogP contribution in [-0.2, 0) is 16.1 Å². The van der Waals surface area contributed by atoms with Gasteiger partial charge < -0.3 is 20.7 Å². The maximum absolute atomic E-state index is 12.1. The fourth-order valence-corrected chi connectivity index (χ4v) is 5.20. The molecule has 3 heterocycles. The predicted octanol–water partition coefficient (Wildman–Crippen LogP) is 4.27. The normalized spacial score (nSPS) is 17.7. The van der Waals surface area contributed by atoms with E-state index >= 15 is 0 Å². The number of carbonyl (C=O) groups excluding carboxylic acids is 1. The number of benzene rings is 1. The van der Waals surface area contributed by atoms with Gasteiger partial charge in [-0.15, -0.1) is 0 Å². The van der Waals surface area contributed by atoms with Crippen molar-refractivity contribution in [2.75, 3.05) is 36.5 Å². The highest BCUT2D eigenvalue weighted by Crippen LogP contribution is 2.40. The summed E-state index contributed by atoms with van der Waals surface area (Å²) in [6, 6.07) is 7.49. The molecule has 0 unspecified atom stereocenters. The molecule has 3 N–H and O–H groups in total. The Kier molecular flexibility index (Phi) is 6.93. The second-order valence-corrected chi connectivity index (χ2v) is 9.84. The van der Waals surface area contributed by atoms with E-state index in [1.54, 1.807) is 22.0 Å². The number of hydrogen-bond acceptors (Lipinski definition) is 7. The van der Waals surface area contributed by atoms with Crippen molar-refractivity contribution in [2.24, 2.45) is 11.1 Å². The second-order valence-electron chi connectivity index (χ2n) is 9.08. The molecule has 1 saturated heterocycles. The van der Waals surface area contributed by atoms with Crippen LogP contribution in [0.4, 0.5) is 17.3 Å². The van der Waals surface area contributed by atoms with Gasteiger partial charge in [-0.05, 0) is 43.7 Å². The molecule has 0 spiro atoms. The molecule has 2 aromatic heterocycles. The first-order valence-electron chi connectivity index (χ1n) is 11.7. The van der Waals surface area contributed by atoms with Gasteiger partial charge in [-0.1, -0.05) is 36.0 Å². The van der Waals surface area contributed by atoms with Crippen molar-refractivity contribution < 1.29 is 9.53 Å². The number of nitrogens with zero attached hydrogens (tertiary/aromatic N) is 5. The highest BCUT2D eigenvalue weighted by molar-refractivity contribution is 6.35. The van der Waals surface area contributed by atoms with Gasteiger partial charge in [0.15, 0.2) is 0 Å². The van der Waals surface area contributed by atoms with E-state index in [0.29, 0.717) is 53.6 Å². The lowest BCUT2D eigenvalue weighted by Gasteiger charge is -2.27. The van der Waals surface area contributed by atoms with Crippen LogP contribution >= 0.6 is 23.2 Å². The second kappa shape index (κ2) is 10.1. The number of nitrogens with one attached hydrogen (secondary N) is 1. The van der Waals surface area contributed by atoms with Gasteiger partial charge in [-0.3, -0.25) is 9.48 Å². The van der Waals surface area contributed by atoms with Crippen molar-refractivity contribution in [1.82, 2.24) is 19.7 Å². The van der Waals surface area contributed by atoms with Crippen molar-refractivity contribution in [3.05, 3.63) is 46.8 Å². The maximum Gasteiger partial charge on any atom is 0.253 e. The summed E-state index contributed by atoms with van der Waals surface area (Å²) in [5.74, 6) is 0.322. The molecule has 0 atom stereocenters.